The number of amides is 1. The van der Waals surface area contributed by atoms with Crippen molar-refractivity contribution in [1.29, 1.82) is 0 Å². The molecule has 2 aromatic rings. The molecule has 1 heterocycles. The number of benzene rings is 2. The third-order valence-corrected chi connectivity index (χ3v) is 5.76. The summed E-state index contributed by atoms with van der Waals surface area (Å²) in [6, 6.07) is 21.9. The van der Waals surface area contributed by atoms with Gasteiger partial charge >= 0.3 is 0 Å². The summed E-state index contributed by atoms with van der Waals surface area (Å²) in [6.07, 6.45) is 0.627. The van der Waals surface area contributed by atoms with Gasteiger partial charge in [0.05, 0.1) is 6.04 Å². The summed E-state index contributed by atoms with van der Waals surface area (Å²) in [6.45, 7) is 10.6. The molecule has 3 rings (SSSR count). The molecule has 0 aromatic heterocycles. The van der Waals surface area contributed by atoms with Crippen LogP contribution in [0.4, 0.5) is 0 Å². The first-order valence-electron chi connectivity index (χ1n) is 10.6. The molecule has 1 aliphatic heterocycles. The lowest BCUT2D eigenvalue weighted by molar-refractivity contribution is -0.131. The summed E-state index contributed by atoms with van der Waals surface area (Å²) in [7, 11) is 0. The number of carbonyl (C=O) groups is 1. The van der Waals surface area contributed by atoms with Crippen molar-refractivity contribution >= 4 is 5.91 Å². The number of piperazine rings is 1. The van der Waals surface area contributed by atoms with E-state index in [0.717, 1.165) is 45.8 Å². The van der Waals surface area contributed by atoms with E-state index in [9.17, 15) is 4.79 Å². The number of hydrogen-bond donors (Lipinski definition) is 0. The highest BCUT2D eigenvalue weighted by atomic mass is 16.2. The lowest BCUT2D eigenvalue weighted by Gasteiger charge is -2.40. The van der Waals surface area contributed by atoms with Crippen LogP contribution in [0.1, 0.15) is 37.4 Å². The second-order valence-electron chi connectivity index (χ2n) is 7.42. The maximum Gasteiger partial charge on any atom is 0.223 e. The van der Waals surface area contributed by atoms with Gasteiger partial charge in [-0.2, -0.15) is 0 Å². The van der Waals surface area contributed by atoms with Crippen molar-refractivity contribution in [2.75, 3.05) is 45.8 Å². The number of nitrogens with zero attached hydrogens (tertiary/aromatic N) is 3. The number of carbonyl (C=O) groups excluding carboxylic acids is 1. The van der Waals surface area contributed by atoms with Gasteiger partial charge in [0.2, 0.25) is 5.91 Å². The Balaban J connectivity index is 1.61. The summed E-state index contributed by atoms with van der Waals surface area (Å²) >= 11 is 0. The van der Waals surface area contributed by atoms with Gasteiger partial charge < -0.3 is 9.80 Å². The Bertz CT molecular complexity index is 668. The van der Waals surface area contributed by atoms with Gasteiger partial charge in [0.25, 0.3) is 0 Å². The summed E-state index contributed by atoms with van der Waals surface area (Å²) in [4.78, 5) is 19.2. The van der Waals surface area contributed by atoms with Crippen LogP contribution in [0, 0.1) is 0 Å². The molecule has 0 N–H and O–H groups in total. The molecule has 1 amide bonds. The summed E-state index contributed by atoms with van der Waals surface area (Å²) in [5.41, 5.74) is 2.69. The third kappa shape index (κ3) is 5.21. The van der Waals surface area contributed by atoms with Crippen molar-refractivity contribution in [2.24, 2.45) is 0 Å². The standard InChI is InChI=1S/C24H33N3O/c1-3-26(4-2)23(28)15-16-25-17-19-27(20-18-25)24(21-11-7-5-8-12-21)22-13-9-6-10-14-22/h5-14,24H,3-4,15-20H2,1-2H3. The lowest BCUT2D eigenvalue weighted by atomic mass is 9.96. The molecule has 150 valence electrons. The van der Waals surface area contributed by atoms with Crippen LogP contribution < -0.4 is 0 Å². The Morgan fingerprint density at radius 1 is 0.857 bits per heavy atom. The lowest BCUT2D eigenvalue weighted by Crippen LogP contribution is -2.48. The molecule has 0 radical (unpaired) electrons. The van der Waals surface area contributed by atoms with Gasteiger partial charge in [-0.15, -0.1) is 0 Å². The van der Waals surface area contributed by atoms with E-state index in [-0.39, 0.29) is 5.91 Å². The fraction of sp³-hybridized carbons (Fsp3) is 0.458. The molecule has 4 nitrogen and oxygen atoms in total. The Kier molecular flexibility index (Phi) is 7.63. The van der Waals surface area contributed by atoms with Gasteiger partial charge in [0.1, 0.15) is 0 Å². The predicted octanol–water partition coefficient (Wildman–Crippen LogP) is 3.65. The second-order valence-corrected chi connectivity index (χ2v) is 7.42. The summed E-state index contributed by atoms with van der Waals surface area (Å²) in [5.74, 6) is 0.277. The minimum atomic E-state index is 0.277. The van der Waals surface area contributed by atoms with Crippen LogP contribution in [0.2, 0.25) is 0 Å². The zero-order valence-electron chi connectivity index (χ0n) is 17.3. The fourth-order valence-corrected chi connectivity index (χ4v) is 4.12. The average Bonchev–Trinajstić information content (AvgIpc) is 2.76. The van der Waals surface area contributed by atoms with Crippen LogP contribution in [-0.2, 0) is 4.79 Å². The molecule has 0 atom stereocenters. The first kappa shape index (κ1) is 20.6. The molecule has 1 fully saturated rings. The highest BCUT2D eigenvalue weighted by Crippen LogP contribution is 2.29. The summed E-state index contributed by atoms with van der Waals surface area (Å²) < 4.78 is 0. The second kappa shape index (κ2) is 10.4. The molecule has 2 aromatic carbocycles. The monoisotopic (exact) mass is 379 g/mol. The van der Waals surface area contributed by atoms with Crippen LogP contribution in [-0.4, -0.2) is 66.4 Å². The zero-order valence-corrected chi connectivity index (χ0v) is 17.3. The van der Waals surface area contributed by atoms with Crippen LogP contribution in [0.5, 0.6) is 0 Å². The summed E-state index contributed by atoms with van der Waals surface area (Å²) in [5, 5.41) is 0. The molecule has 1 saturated heterocycles. The fourth-order valence-electron chi connectivity index (χ4n) is 4.12. The molecule has 28 heavy (non-hydrogen) atoms. The smallest absolute Gasteiger partial charge is 0.223 e. The van der Waals surface area contributed by atoms with Crippen molar-refractivity contribution in [2.45, 2.75) is 26.3 Å². The quantitative estimate of drug-likeness (QED) is 0.700. The predicted molar refractivity (Wildman–Crippen MR) is 115 cm³/mol. The van der Waals surface area contributed by atoms with Crippen LogP contribution in [0.15, 0.2) is 60.7 Å². The van der Waals surface area contributed by atoms with Crippen molar-refractivity contribution < 1.29 is 4.79 Å². The van der Waals surface area contributed by atoms with Crippen molar-refractivity contribution in [3.05, 3.63) is 71.8 Å². The minimum Gasteiger partial charge on any atom is -0.343 e. The van der Waals surface area contributed by atoms with E-state index in [1.54, 1.807) is 0 Å². The highest BCUT2D eigenvalue weighted by Gasteiger charge is 2.26. The number of hydrogen-bond acceptors (Lipinski definition) is 3. The van der Waals surface area contributed by atoms with Crippen LogP contribution in [0.3, 0.4) is 0 Å². The molecule has 0 aliphatic carbocycles. The van der Waals surface area contributed by atoms with Gasteiger partial charge in [0, 0.05) is 52.2 Å². The van der Waals surface area contributed by atoms with Gasteiger partial charge in [-0.1, -0.05) is 60.7 Å². The first-order chi connectivity index (χ1) is 13.7. The van der Waals surface area contributed by atoms with E-state index in [2.05, 4.69) is 70.5 Å². The van der Waals surface area contributed by atoms with Crippen molar-refractivity contribution in [1.82, 2.24) is 14.7 Å². The largest absolute Gasteiger partial charge is 0.343 e. The van der Waals surface area contributed by atoms with Gasteiger partial charge in [-0.25, -0.2) is 0 Å². The Morgan fingerprint density at radius 3 is 1.82 bits per heavy atom. The normalized spacial score (nSPS) is 15.7. The zero-order chi connectivity index (χ0) is 19.8. The molecule has 4 heteroatoms. The molecular formula is C24H33N3O. The van der Waals surface area contributed by atoms with Gasteiger partial charge in [-0.3, -0.25) is 9.69 Å². The van der Waals surface area contributed by atoms with Crippen LogP contribution >= 0.6 is 0 Å². The minimum absolute atomic E-state index is 0.277. The van der Waals surface area contributed by atoms with E-state index in [4.69, 9.17) is 0 Å². The van der Waals surface area contributed by atoms with E-state index >= 15 is 0 Å². The molecular weight excluding hydrogens is 346 g/mol. The van der Waals surface area contributed by atoms with Gasteiger partial charge in [-0.05, 0) is 25.0 Å². The van der Waals surface area contributed by atoms with Crippen molar-refractivity contribution in [3.8, 4) is 0 Å². The number of rotatable bonds is 8. The molecule has 0 bridgehead atoms. The van der Waals surface area contributed by atoms with E-state index < -0.39 is 0 Å². The van der Waals surface area contributed by atoms with E-state index in [0.29, 0.717) is 12.5 Å². The molecule has 0 unspecified atom stereocenters. The SMILES string of the molecule is CCN(CC)C(=O)CCN1CCN(C(c2ccccc2)c2ccccc2)CC1. The highest BCUT2D eigenvalue weighted by molar-refractivity contribution is 5.76. The Labute approximate surface area is 169 Å². The van der Waals surface area contributed by atoms with Crippen molar-refractivity contribution in [3.63, 3.8) is 0 Å². The van der Waals surface area contributed by atoms with E-state index in [1.807, 2.05) is 18.7 Å². The topological polar surface area (TPSA) is 26.8 Å². The van der Waals surface area contributed by atoms with Gasteiger partial charge in [0.15, 0.2) is 0 Å². The van der Waals surface area contributed by atoms with E-state index in [1.165, 1.54) is 11.1 Å². The molecule has 0 spiro atoms. The first-order valence-corrected chi connectivity index (χ1v) is 10.6. The molecule has 1 aliphatic rings. The van der Waals surface area contributed by atoms with Crippen LogP contribution in [0.25, 0.3) is 0 Å². The maximum absolute atomic E-state index is 12.3. The average molecular weight is 380 g/mol. The third-order valence-electron chi connectivity index (χ3n) is 5.76. The maximum atomic E-state index is 12.3. The molecule has 0 saturated carbocycles. The Morgan fingerprint density at radius 2 is 1.36 bits per heavy atom. The Hall–Kier alpha value is -2.17.